The molecule has 0 spiro atoms. The number of benzene rings is 1. The molecule has 3 rings (SSSR count). The lowest BCUT2D eigenvalue weighted by atomic mass is 10.3. The monoisotopic (exact) mass is 387 g/mol. The number of imidazole rings is 1. The largest absolute Gasteiger partial charge is 0.275 e. The molecule has 0 aliphatic heterocycles. The summed E-state index contributed by atoms with van der Waals surface area (Å²) in [7, 11) is 0. The van der Waals surface area contributed by atoms with E-state index in [1.54, 1.807) is 29.7 Å². The Labute approximate surface area is 138 Å². The van der Waals surface area contributed by atoms with Crippen molar-refractivity contribution in [3.05, 3.63) is 51.6 Å². The van der Waals surface area contributed by atoms with Crippen molar-refractivity contribution in [1.29, 1.82) is 0 Å². The molecule has 0 saturated heterocycles. The molecule has 2 heterocycles. The fourth-order valence-corrected chi connectivity index (χ4v) is 2.97. The highest BCUT2D eigenvalue weighted by Gasteiger charge is 2.21. The average Bonchev–Trinajstić information content (AvgIpc) is 2.77. The van der Waals surface area contributed by atoms with Crippen molar-refractivity contribution < 1.29 is 4.39 Å². The van der Waals surface area contributed by atoms with E-state index in [0.29, 0.717) is 32.2 Å². The molecule has 0 saturated carbocycles. The maximum Gasteiger partial charge on any atom is 0.164 e. The molecule has 1 aromatic carbocycles. The summed E-state index contributed by atoms with van der Waals surface area (Å²) in [4.78, 5) is 8.69. The van der Waals surface area contributed by atoms with Crippen LogP contribution in [-0.4, -0.2) is 14.5 Å². The van der Waals surface area contributed by atoms with E-state index >= 15 is 0 Å². The Morgan fingerprint density at radius 1 is 1.38 bits per heavy atom. The molecule has 3 aromatic rings. The van der Waals surface area contributed by atoms with E-state index in [0.717, 1.165) is 0 Å². The van der Waals surface area contributed by atoms with Crippen LogP contribution < -0.4 is 0 Å². The number of hydrogen-bond acceptors (Lipinski definition) is 2. The summed E-state index contributed by atoms with van der Waals surface area (Å²) in [5.41, 5.74) is 1.41. The number of fused-ring (bicyclic) bond motifs is 1. The van der Waals surface area contributed by atoms with Gasteiger partial charge >= 0.3 is 0 Å². The minimum atomic E-state index is -0.413. The Balaban J connectivity index is 2.42. The molecule has 2 aromatic heterocycles. The van der Waals surface area contributed by atoms with Gasteiger partial charge in [-0.2, -0.15) is 0 Å². The van der Waals surface area contributed by atoms with Crippen molar-refractivity contribution >= 4 is 50.3 Å². The number of nitrogens with zero attached hydrogens (tertiary/aromatic N) is 3. The molecule has 7 heteroatoms. The second-order valence-corrected chi connectivity index (χ2v) is 6.43. The Morgan fingerprint density at radius 2 is 2.14 bits per heavy atom. The molecule has 3 nitrogen and oxygen atoms in total. The van der Waals surface area contributed by atoms with Gasteiger partial charge in [-0.15, -0.1) is 11.6 Å². The summed E-state index contributed by atoms with van der Waals surface area (Å²) in [6, 6.07) is 6.43. The number of aromatic nitrogens is 3. The standard InChI is InChI=1S/C14H9BrCl2FN3/c1-7(16)13-20-11-5-8(17)6-19-14(11)21(13)12-9(15)3-2-4-10(12)18/h2-7H,1H3. The first kappa shape index (κ1) is 14.8. The van der Waals surface area contributed by atoms with Gasteiger partial charge in [-0.05, 0) is 41.1 Å². The second kappa shape index (κ2) is 5.55. The van der Waals surface area contributed by atoms with Crippen molar-refractivity contribution in [2.24, 2.45) is 0 Å². The quantitative estimate of drug-likeness (QED) is 0.559. The van der Waals surface area contributed by atoms with Crippen LogP contribution in [0.2, 0.25) is 5.02 Å². The molecular formula is C14H9BrCl2FN3. The fourth-order valence-electron chi connectivity index (χ4n) is 2.15. The molecule has 1 atom stereocenters. The van der Waals surface area contributed by atoms with E-state index in [2.05, 4.69) is 25.9 Å². The van der Waals surface area contributed by atoms with Crippen LogP contribution in [0.5, 0.6) is 0 Å². The summed E-state index contributed by atoms with van der Waals surface area (Å²) in [5, 5.41) is 0.0537. The lowest BCUT2D eigenvalue weighted by Gasteiger charge is -2.12. The van der Waals surface area contributed by atoms with Crippen LogP contribution in [0.25, 0.3) is 16.9 Å². The third-order valence-electron chi connectivity index (χ3n) is 3.01. The van der Waals surface area contributed by atoms with Crippen LogP contribution in [0.3, 0.4) is 0 Å². The topological polar surface area (TPSA) is 30.7 Å². The lowest BCUT2D eigenvalue weighted by Crippen LogP contribution is -2.05. The van der Waals surface area contributed by atoms with Gasteiger partial charge in [0.05, 0.1) is 16.1 Å². The van der Waals surface area contributed by atoms with E-state index in [1.807, 2.05) is 0 Å². The predicted molar refractivity (Wildman–Crippen MR) is 85.8 cm³/mol. The summed E-state index contributed by atoms with van der Waals surface area (Å²) in [6.45, 7) is 1.77. The lowest BCUT2D eigenvalue weighted by molar-refractivity contribution is 0.615. The van der Waals surface area contributed by atoms with Crippen molar-refractivity contribution in [1.82, 2.24) is 14.5 Å². The minimum absolute atomic E-state index is 0.331. The van der Waals surface area contributed by atoms with E-state index in [1.165, 1.54) is 12.3 Å². The molecular weight excluding hydrogens is 380 g/mol. The van der Waals surface area contributed by atoms with Crippen LogP contribution in [0.4, 0.5) is 4.39 Å². The van der Waals surface area contributed by atoms with Crippen molar-refractivity contribution in [2.75, 3.05) is 0 Å². The smallest absolute Gasteiger partial charge is 0.164 e. The zero-order chi connectivity index (χ0) is 15.1. The van der Waals surface area contributed by atoms with Gasteiger partial charge in [0.25, 0.3) is 0 Å². The number of para-hydroxylation sites is 1. The van der Waals surface area contributed by atoms with E-state index < -0.39 is 5.38 Å². The molecule has 0 radical (unpaired) electrons. The molecule has 108 valence electrons. The van der Waals surface area contributed by atoms with Crippen LogP contribution in [0.1, 0.15) is 18.1 Å². The number of halogens is 4. The van der Waals surface area contributed by atoms with Crippen LogP contribution in [0, 0.1) is 5.82 Å². The van der Waals surface area contributed by atoms with Crippen LogP contribution >= 0.6 is 39.1 Å². The summed E-state index contributed by atoms with van der Waals surface area (Å²) >= 11 is 15.5. The highest BCUT2D eigenvalue weighted by Crippen LogP contribution is 2.32. The van der Waals surface area contributed by atoms with Crippen molar-refractivity contribution in [2.45, 2.75) is 12.3 Å². The molecule has 1 unspecified atom stereocenters. The van der Waals surface area contributed by atoms with E-state index in [4.69, 9.17) is 23.2 Å². The zero-order valence-electron chi connectivity index (χ0n) is 10.8. The highest BCUT2D eigenvalue weighted by atomic mass is 79.9. The predicted octanol–water partition coefficient (Wildman–Crippen LogP) is 5.28. The highest BCUT2D eigenvalue weighted by molar-refractivity contribution is 9.10. The minimum Gasteiger partial charge on any atom is -0.275 e. The second-order valence-electron chi connectivity index (χ2n) is 4.49. The Bertz CT molecular complexity index is 812. The van der Waals surface area contributed by atoms with Gasteiger partial charge in [-0.3, -0.25) is 4.57 Å². The summed E-state index contributed by atoms with van der Waals surface area (Å²) < 4.78 is 16.5. The third kappa shape index (κ3) is 2.54. The number of alkyl halides is 1. The first-order valence-electron chi connectivity index (χ1n) is 6.11. The van der Waals surface area contributed by atoms with Gasteiger partial charge in [-0.25, -0.2) is 14.4 Å². The first-order chi connectivity index (χ1) is 9.99. The Morgan fingerprint density at radius 3 is 2.81 bits per heavy atom. The molecule has 0 fully saturated rings. The molecule has 0 aliphatic rings. The van der Waals surface area contributed by atoms with Gasteiger partial charge in [0, 0.05) is 10.7 Å². The third-order valence-corrected chi connectivity index (χ3v) is 4.05. The van der Waals surface area contributed by atoms with Crippen molar-refractivity contribution in [3.63, 3.8) is 0 Å². The van der Waals surface area contributed by atoms with Gasteiger partial charge in [0.1, 0.15) is 17.2 Å². The summed E-state index contributed by atoms with van der Waals surface area (Å²) in [5.74, 6) is 0.117. The molecule has 0 amide bonds. The fraction of sp³-hybridized carbons (Fsp3) is 0.143. The average molecular weight is 389 g/mol. The number of pyridine rings is 1. The van der Waals surface area contributed by atoms with Gasteiger partial charge in [-0.1, -0.05) is 17.7 Å². The van der Waals surface area contributed by atoms with Crippen LogP contribution in [0.15, 0.2) is 34.9 Å². The molecule has 0 N–H and O–H groups in total. The molecule has 0 bridgehead atoms. The molecule has 21 heavy (non-hydrogen) atoms. The maximum absolute atomic E-state index is 14.3. The molecule has 0 aliphatic carbocycles. The number of rotatable bonds is 2. The van der Waals surface area contributed by atoms with E-state index in [9.17, 15) is 4.39 Å². The van der Waals surface area contributed by atoms with Gasteiger partial charge < -0.3 is 0 Å². The zero-order valence-corrected chi connectivity index (χ0v) is 13.9. The number of hydrogen-bond donors (Lipinski definition) is 0. The first-order valence-corrected chi connectivity index (χ1v) is 7.72. The maximum atomic E-state index is 14.3. The van der Waals surface area contributed by atoms with Gasteiger partial charge in [0.15, 0.2) is 5.65 Å². The Hall–Kier alpha value is -1.17. The SMILES string of the molecule is CC(Cl)c1nc2cc(Cl)cnc2n1-c1c(F)cccc1Br. The van der Waals surface area contributed by atoms with Crippen molar-refractivity contribution in [3.8, 4) is 5.69 Å². The summed E-state index contributed by atoms with van der Waals surface area (Å²) in [6.07, 6.45) is 1.50. The van der Waals surface area contributed by atoms with Gasteiger partial charge in [0.2, 0.25) is 0 Å². The normalized spacial score (nSPS) is 12.8. The Kier molecular flexibility index (Phi) is 3.90. The van der Waals surface area contributed by atoms with E-state index in [-0.39, 0.29) is 5.82 Å². The van der Waals surface area contributed by atoms with Crippen LogP contribution in [-0.2, 0) is 0 Å².